The van der Waals surface area contributed by atoms with Gasteiger partial charge in [-0.15, -0.1) is 0 Å². The lowest BCUT2D eigenvalue weighted by Crippen LogP contribution is -2.38. The summed E-state index contributed by atoms with van der Waals surface area (Å²) in [7, 11) is 0. The number of nitrogens with one attached hydrogen (secondary N) is 1. The lowest BCUT2D eigenvalue weighted by Gasteiger charge is -2.25. The molecule has 4 nitrogen and oxygen atoms in total. The first kappa shape index (κ1) is 21.0. The predicted octanol–water partition coefficient (Wildman–Crippen LogP) is 4.96. The third-order valence-corrected chi connectivity index (χ3v) is 5.94. The second kappa shape index (κ2) is 8.76. The number of halogens is 1. The van der Waals surface area contributed by atoms with E-state index in [2.05, 4.69) is 5.32 Å². The van der Waals surface area contributed by atoms with Gasteiger partial charge in [-0.3, -0.25) is 9.59 Å². The molecule has 0 radical (unpaired) electrons. The van der Waals surface area contributed by atoms with Gasteiger partial charge in [-0.25, -0.2) is 4.39 Å². The maximum atomic E-state index is 14.7. The number of carbonyl (C=O) groups excluding carboxylic acids is 1. The zero-order valence-electron chi connectivity index (χ0n) is 17.1. The highest BCUT2D eigenvalue weighted by molar-refractivity contribution is 5.85. The van der Waals surface area contributed by atoms with Gasteiger partial charge in [-0.1, -0.05) is 56.7 Å². The van der Waals surface area contributed by atoms with E-state index in [1.54, 1.807) is 6.07 Å². The molecule has 1 amide bonds. The molecule has 0 heterocycles. The minimum atomic E-state index is -0.928. The molecule has 0 unspecified atom stereocenters. The molecule has 154 valence electrons. The number of carbonyl (C=O) groups is 2. The SMILES string of the molecule is Cc1ccccc1[C@H](NC(=O)[C@@H]1CCC[C@@H]1C(=O)O)c1ccc(C(C)C)c(F)c1. The van der Waals surface area contributed by atoms with Crippen molar-refractivity contribution in [3.63, 3.8) is 0 Å². The van der Waals surface area contributed by atoms with E-state index in [4.69, 9.17) is 0 Å². The number of carboxylic acid groups (broad SMARTS) is 1. The van der Waals surface area contributed by atoms with Crippen LogP contribution < -0.4 is 5.32 Å². The number of rotatable bonds is 6. The van der Waals surface area contributed by atoms with Crippen molar-refractivity contribution in [1.82, 2.24) is 5.32 Å². The van der Waals surface area contributed by atoms with E-state index in [0.29, 0.717) is 24.0 Å². The molecule has 1 saturated carbocycles. The fourth-order valence-corrected chi connectivity index (χ4v) is 4.26. The van der Waals surface area contributed by atoms with E-state index in [-0.39, 0.29) is 17.6 Å². The smallest absolute Gasteiger partial charge is 0.307 e. The summed E-state index contributed by atoms with van der Waals surface area (Å²) < 4.78 is 14.7. The van der Waals surface area contributed by atoms with Gasteiger partial charge >= 0.3 is 5.97 Å². The maximum absolute atomic E-state index is 14.7. The Bertz CT molecular complexity index is 909. The fourth-order valence-electron chi connectivity index (χ4n) is 4.26. The predicted molar refractivity (Wildman–Crippen MR) is 110 cm³/mol. The van der Waals surface area contributed by atoms with Crippen LogP contribution in [0.15, 0.2) is 42.5 Å². The Kier molecular flexibility index (Phi) is 6.36. The molecule has 0 bridgehead atoms. The second-order valence-electron chi connectivity index (χ2n) is 8.22. The van der Waals surface area contributed by atoms with Crippen molar-refractivity contribution in [1.29, 1.82) is 0 Å². The van der Waals surface area contributed by atoms with Gasteiger partial charge in [0.2, 0.25) is 5.91 Å². The number of hydrogen-bond donors (Lipinski definition) is 2. The maximum Gasteiger partial charge on any atom is 0.307 e. The number of aliphatic carboxylic acids is 1. The van der Waals surface area contributed by atoms with Gasteiger partial charge in [0.25, 0.3) is 0 Å². The first-order valence-electron chi connectivity index (χ1n) is 10.2. The second-order valence-corrected chi connectivity index (χ2v) is 8.22. The summed E-state index contributed by atoms with van der Waals surface area (Å²) in [4.78, 5) is 24.5. The van der Waals surface area contributed by atoms with Crippen molar-refractivity contribution in [2.24, 2.45) is 11.8 Å². The van der Waals surface area contributed by atoms with Crippen LogP contribution in [0.5, 0.6) is 0 Å². The summed E-state index contributed by atoms with van der Waals surface area (Å²) in [6.07, 6.45) is 1.80. The zero-order valence-corrected chi connectivity index (χ0v) is 17.1. The minimum Gasteiger partial charge on any atom is -0.481 e. The van der Waals surface area contributed by atoms with Crippen molar-refractivity contribution in [2.45, 2.75) is 52.0 Å². The highest BCUT2D eigenvalue weighted by Gasteiger charge is 2.38. The Morgan fingerprint density at radius 2 is 1.76 bits per heavy atom. The first-order chi connectivity index (χ1) is 13.8. The highest BCUT2D eigenvalue weighted by atomic mass is 19.1. The van der Waals surface area contributed by atoms with Crippen molar-refractivity contribution in [2.75, 3.05) is 0 Å². The lowest BCUT2D eigenvalue weighted by atomic mass is 9.90. The highest BCUT2D eigenvalue weighted by Crippen LogP contribution is 2.34. The number of amides is 1. The van der Waals surface area contributed by atoms with Crippen LogP contribution in [0.2, 0.25) is 0 Å². The van der Waals surface area contributed by atoms with Crippen molar-refractivity contribution < 1.29 is 19.1 Å². The van der Waals surface area contributed by atoms with Gasteiger partial charge in [0.05, 0.1) is 17.9 Å². The Morgan fingerprint density at radius 3 is 2.38 bits per heavy atom. The molecule has 2 N–H and O–H groups in total. The van der Waals surface area contributed by atoms with Crippen LogP contribution in [0.4, 0.5) is 4.39 Å². The topological polar surface area (TPSA) is 66.4 Å². The number of benzene rings is 2. The summed E-state index contributed by atoms with van der Waals surface area (Å²) in [6.45, 7) is 5.82. The molecule has 1 fully saturated rings. The third-order valence-electron chi connectivity index (χ3n) is 5.94. The van der Waals surface area contributed by atoms with Crippen molar-refractivity contribution in [3.05, 3.63) is 70.5 Å². The molecule has 2 aromatic rings. The quantitative estimate of drug-likeness (QED) is 0.724. The monoisotopic (exact) mass is 397 g/mol. The van der Waals surface area contributed by atoms with Gasteiger partial charge in [-0.05, 0) is 54.0 Å². The van der Waals surface area contributed by atoms with Crippen LogP contribution in [0, 0.1) is 24.6 Å². The molecular weight excluding hydrogens is 369 g/mol. The van der Waals surface area contributed by atoms with Crippen molar-refractivity contribution >= 4 is 11.9 Å². The Labute approximate surface area is 171 Å². The molecular formula is C24H28FNO3. The third kappa shape index (κ3) is 4.50. The van der Waals surface area contributed by atoms with Crippen LogP contribution in [0.25, 0.3) is 0 Å². The number of hydrogen-bond acceptors (Lipinski definition) is 2. The number of carboxylic acids is 1. The molecule has 3 rings (SSSR count). The Balaban J connectivity index is 1.97. The molecule has 3 atom stereocenters. The summed E-state index contributed by atoms with van der Waals surface area (Å²) in [5, 5.41) is 12.5. The normalized spacial score (nSPS) is 19.9. The number of aryl methyl sites for hydroxylation is 1. The van der Waals surface area contributed by atoms with E-state index < -0.39 is 23.8 Å². The van der Waals surface area contributed by atoms with Crippen LogP contribution in [0.1, 0.15) is 67.3 Å². The van der Waals surface area contributed by atoms with E-state index in [0.717, 1.165) is 17.5 Å². The standard InChI is InChI=1S/C24H28FNO3/c1-14(2)17-12-11-16(13-21(17)25)22(18-8-5-4-7-15(18)3)26-23(27)19-9-6-10-20(19)24(28)29/h4-5,7-8,11-14,19-20,22H,6,9-10H2,1-3H3,(H,26,27)(H,28,29)/t19-,20+,22-/m1/s1. The van der Waals surface area contributed by atoms with E-state index in [1.807, 2.05) is 51.1 Å². The summed E-state index contributed by atoms with van der Waals surface area (Å²) in [5.74, 6) is -2.66. The molecule has 0 aromatic heterocycles. The van der Waals surface area contributed by atoms with Crippen LogP contribution in [-0.2, 0) is 9.59 Å². The van der Waals surface area contributed by atoms with Crippen molar-refractivity contribution in [3.8, 4) is 0 Å². The fraction of sp³-hybridized carbons (Fsp3) is 0.417. The largest absolute Gasteiger partial charge is 0.481 e. The first-order valence-corrected chi connectivity index (χ1v) is 10.2. The average molecular weight is 397 g/mol. The van der Waals surface area contributed by atoms with Crippen LogP contribution in [-0.4, -0.2) is 17.0 Å². The molecule has 5 heteroatoms. The van der Waals surface area contributed by atoms with Gasteiger partial charge in [0.15, 0.2) is 0 Å². The molecule has 0 spiro atoms. The van der Waals surface area contributed by atoms with Gasteiger partial charge in [0, 0.05) is 0 Å². The molecule has 2 aromatic carbocycles. The summed E-state index contributed by atoms with van der Waals surface area (Å²) in [5.41, 5.74) is 3.14. The summed E-state index contributed by atoms with van der Waals surface area (Å²) >= 11 is 0. The molecule has 0 saturated heterocycles. The van der Waals surface area contributed by atoms with E-state index in [9.17, 15) is 19.1 Å². The molecule has 29 heavy (non-hydrogen) atoms. The van der Waals surface area contributed by atoms with Gasteiger partial charge in [0.1, 0.15) is 5.82 Å². The molecule has 1 aliphatic carbocycles. The molecule has 0 aliphatic heterocycles. The zero-order chi connectivity index (χ0) is 21.1. The minimum absolute atomic E-state index is 0.0605. The average Bonchev–Trinajstić information content (AvgIpc) is 3.16. The Morgan fingerprint density at radius 1 is 1.07 bits per heavy atom. The van der Waals surface area contributed by atoms with Gasteiger partial charge < -0.3 is 10.4 Å². The summed E-state index contributed by atoms with van der Waals surface area (Å²) in [6, 6.07) is 12.2. The van der Waals surface area contributed by atoms with E-state index in [1.165, 1.54) is 6.07 Å². The van der Waals surface area contributed by atoms with Crippen LogP contribution in [0.3, 0.4) is 0 Å². The lowest BCUT2D eigenvalue weighted by molar-refractivity contribution is -0.146. The Hall–Kier alpha value is -2.69. The van der Waals surface area contributed by atoms with Gasteiger partial charge in [-0.2, -0.15) is 0 Å². The van der Waals surface area contributed by atoms with Crippen LogP contribution >= 0.6 is 0 Å². The van der Waals surface area contributed by atoms with E-state index >= 15 is 0 Å². The molecule has 1 aliphatic rings.